The fourth-order valence-electron chi connectivity index (χ4n) is 1.53. The van der Waals surface area contributed by atoms with Crippen LogP contribution in [0.4, 0.5) is 5.82 Å². The Morgan fingerprint density at radius 1 is 1.21 bits per heavy atom. The van der Waals surface area contributed by atoms with E-state index in [4.69, 9.17) is 27.9 Å². The second-order valence-electron chi connectivity index (χ2n) is 3.85. The lowest BCUT2D eigenvalue weighted by molar-refractivity contribution is 0.460. The first-order valence-electron chi connectivity index (χ1n) is 5.81. The van der Waals surface area contributed by atoms with Crippen LogP contribution in [0.25, 0.3) is 0 Å². The monoisotopic (exact) mass is 297 g/mol. The first kappa shape index (κ1) is 13.9. The van der Waals surface area contributed by atoms with Crippen molar-refractivity contribution in [3.8, 4) is 11.6 Å². The van der Waals surface area contributed by atoms with Crippen molar-refractivity contribution in [3.63, 3.8) is 0 Å². The van der Waals surface area contributed by atoms with Crippen LogP contribution in [-0.2, 0) is 0 Å². The van der Waals surface area contributed by atoms with Crippen LogP contribution in [0.5, 0.6) is 11.6 Å². The molecule has 19 heavy (non-hydrogen) atoms. The lowest BCUT2D eigenvalue weighted by atomic mass is 10.3. The molecule has 1 heterocycles. The molecule has 2 rings (SSSR count). The van der Waals surface area contributed by atoms with E-state index in [2.05, 4.69) is 15.3 Å². The summed E-state index contributed by atoms with van der Waals surface area (Å²) in [6.45, 7) is 4.56. The molecule has 0 saturated heterocycles. The van der Waals surface area contributed by atoms with Crippen LogP contribution in [0.1, 0.15) is 12.7 Å². The lowest BCUT2D eigenvalue weighted by Gasteiger charge is -2.09. The summed E-state index contributed by atoms with van der Waals surface area (Å²) in [6.07, 6.45) is 0. The fraction of sp³-hybridized carbons (Fsp3) is 0.231. The van der Waals surface area contributed by atoms with E-state index in [1.54, 1.807) is 31.2 Å². The van der Waals surface area contributed by atoms with Crippen LogP contribution in [-0.4, -0.2) is 16.5 Å². The van der Waals surface area contributed by atoms with Crippen LogP contribution < -0.4 is 10.1 Å². The van der Waals surface area contributed by atoms with Gasteiger partial charge < -0.3 is 10.1 Å². The molecule has 0 spiro atoms. The van der Waals surface area contributed by atoms with Gasteiger partial charge in [-0.25, -0.2) is 4.98 Å². The number of ether oxygens (including phenoxy) is 1. The number of hydrogen-bond donors (Lipinski definition) is 1. The van der Waals surface area contributed by atoms with Crippen molar-refractivity contribution >= 4 is 29.0 Å². The molecular weight excluding hydrogens is 285 g/mol. The lowest BCUT2D eigenvalue weighted by Crippen LogP contribution is -2.02. The van der Waals surface area contributed by atoms with Crippen molar-refractivity contribution in [1.29, 1.82) is 0 Å². The third-order valence-electron chi connectivity index (χ3n) is 2.28. The molecule has 6 heteroatoms. The van der Waals surface area contributed by atoms with E-state index >= 15 is 0 Å². The molecule has 0 atom stereocenters. The molecule has 2 aromatic rings. The van der Waals surface area contributed by atoms with Crippen molar-refractivity contribution in [1.82, 2.24) is 9.97 Å². The van der Waals surface area contributed by atoms with Crippen molar-refractivity contribution in [2.45, 2.75) is 13.8 Å². The van der Waals surface area contributed by atoms with Crippen LogP contribution in [0, 0.1) is 6.92 Å². The fourth-order valence-corrected chi connectivity index (χ4v) is 1.85. The van der Waals surface area contributed by atoms with Gasteiger partial charge in [-0.15, -0.1) is 0 Å². The second-order valence-corrected chi connectivity index (χ2v) is 4.69. The Kier molecular flexibility index (Phi) is 4.45. The molecule has 0 radical (unpaired) electrons. The predicted octanol–water partition coefficient (Wildman–Crippen LogP) is 4.32. The molecule has 0 bridgehead atoms. The van der Waals surface area contributed by atoms with Gasteiger partial charge in [0.1, 0.15) is 17.4 Å². The number of rotatable bonds is 4. The molecule has 0 fully saturated rings. The smallest absolute Gasteiger partial charge is 0.224 e. The number of nitrogens with one attached hydrogen (secondary N) is 1. The summed E-state index contributed by atoms with van der Waals surface area (Å²) < 4.78 is 5.65. The summed E-state index contributed by atoms with van der Waals surface area (Å²) in [5, 5.41) is 4.14. The molecule has 1 N–H and O–H groups in total. The highest BCUT2D eigenvalue weighted by Crippen LogP contribution is 2.31. The van der Waals surface area contributed by atoms with Gasteiger partial charge in [0.2, 0.25) is 5.88 Å². The number of aryl methyl sites for hydroxylation is 1. The van der Waals surface area contributed by atoms with Gasteiger partial charge in [0.25, 0.3) is 0 Å². The number of nitrogens with zero attached hydrogens (tertiary/aromatic N) is 2. The Morgan fingerprint density at radius 2 is 2.00 bits per heavy atom. The van der Waals surface area contributed by atoms with E-state index in [9.17, 15) is 0 Å². The first-order valence-corrected chi connectivity index (χ1v) is 6.56. The quantitative estimate of drug-likeness (QED) is 0.913. The molecule has 0 unspecified atom stereocenters. The molecule has 0 aliphatic heterocycles. The molecule has 100 valence electrons. The van der Waals surface area contributed by atoms with Gasteiger partial charge in [-0.3, -0.25) is 0 Å². The minimum atomic E-state index is 0.424. The van der Waals surface area contributed by atoms with E-state index < -0.39 is 0 Å². The number of anilines is 1. The Morgan fingerprint density at radius 3 is 2.74 bits per heavy atom. The molecule has 1 aromatic carbocycles. The summed E-state index contributed by atoms with van der Waals surface area (Å²) in [5.41, 5.74) is 0. The largest absolute Gasteiger partial charge is 0.437 e. The number of aromatic nitrogens is 2. The topological polar surface area (TPSA) is 47.0 Å². The standard InChI is InChI=1S/C13H13Cl2N3O/c1-3-16-12-7-13(18-8(2)17-12)19-11-6-9(14)4-5-10(11)15/h4-7H,3H2,1-2H3,(H,16,17,18). The number of hydrogen-bond acceptors (Lipinski definition) is 4. The SMILES string of the molecule is CCNc1cc(Oc2cc(Cl)ccc2Cl)nc(C)n1. The highest BCUT2D eigenvalue weighted by atomic mass is 35.5. The van der Waals surface area contributed by atoms with Gasteiger partial charge in [0, 0.05) is 23.7 Å². The van der Waals surface area contributed by atoms with Crippen LogP contribution in [0.3, 0.4) is 0 Å². The summed E-state index contributed by atoms with van der Waals surface area (Å²) in [4.78, 5) is 8.45. The van der Waals surface area contributed by atoms with Crippen molar-refractivity contribution < 1.29 is 4.74 Å². The first-order chi connectivity index (χ1) is 9.08. The highest BCUT2D eigenvalue weighted by Gasteiger charge is 2.07. The molecule has 0 amide bonds. The van der Waals surface area contributed by atoms with Gasteiger partial charge in [0.15, 0.2) is 0 Å². The maximum Gasteiger partial charge on any atom is 0.224 e. The zero-order valence-electron chi connectivity index (χ0n) is 10.6. The van der Waals surface area contributed by atoms with Gasteiger partial charge in [-0.05, 0) is 26.0 Å². The zero-order chi connectivity index (χ0) is 13.8. The maximum atomic E-state index is 6.04. The van der Waals surface area contributed by atoms with Gasteiger partial charge in [-0.1, -0.05) is 23.2 Å². The molecular formula is C13H13Cl2N3O. The van der Waals surface area contributed by atoms with Gasteiger partial charge in [0.05, 0.1) is 5.02 Å². The van der Waals surface area contributed by atoms with Crippen molar-refractivity contribution in [3.05, 3.63) is 40.1 Å². The third kappa shape index (κ3) is 3.72. The molecule has 0 saturated carbocycles. The van der Waals surface area contributed by atoms with Crippen LogP contribution in [0.2, 0.25) is 10.0 Å². The summed E-state index contributed by atoms with van der Waals surface area (Å²) in [7, 11) is 0. The normalized spacial score (nSPS) is 10.3. The average molecular weight is 298 g/mol. The number of halogens is 2. The van der Waals surface area contributed by atoms with Gasteiger partial charge >= 0.3 is 0 Å². The van der Waals surface area contributed by atoms with Gasteiger partial charge in [-0.2, -0.15) is 4.98 Å². The number of benzene rings is 1. The Hall–Kier alpha value is -1.52. The minimum absolute atomic E-state index is 0.424. The molecule has 0 aliphatic rings. The maximum absolute atomic E-state index is 6.04. The van der Waals surface area contributed by atoms with E-state index in [1.807, 2.05) is 6.92 Å². The summed E-state index contributed by atoms with van der Waals surface area (Å²) in [6, 6.07) is 6.74. The summed E-state index contributed by atoms with van der Waals surface area (Å²) >= 11 is 12.0. The Bertz CT molecular complexity index is 590. The summed E-state index contributed by atoms with van der Waals surface area (Å²) in [5.74, 6) is 2.22. The minimum Gasteiger partial charge on any atom is -0.437 e. The van der Waals surface area contributed by atoms with E-state index in [0.29, 0.717) is 33.3 Å². The molecule has 0 aliphatic carbocycles. The van der Waals surface area contributed by atoms with E-state index in [-0.39, 0.29) is 0 Å². The highest BCUT2D eigenvalue weighted by molar-refractivity contribution is 6.34. The zero-order valence-corrected chi connectivity index (χ0v) is 12.1. The predicted molar refractivity (Wildman–Crippen MR) is 77.5 cm³/mol. The second kappa shape index (κ2) is 6.08. The Labute approximate surface area is 121 Å². The van der Waals surface area contributed by atoms with Crippen LogP contribution >= 0.6 is 23.2 Å². The van der Waals surface area contributed by atoms with Crippen molar-refractivity contribution in [2.24, 2.45) is 0 Å². The molecule has 4 nitrogen and oxygen atoms in total. The van der Waals surface area contributed by atoms with E-state index in [0.717, 1.165) is 6.54 Å². The molecule has 1 aromatic heterocycles. The van der Waals surface area contributed by atoms with E-state index in [1.165, 1.54) is 0 Å². The van der Waals surface area contributed by atoms with Crippen LogP contribution in [0.15, 0.2) is 24.3 Å². The Balaban J connectivity index is 2.29. The third-order valence-corrected chi connectivity index (χ3v) is 2.83. The average Bonchev–Trinajstić information content (AvgIpc) is 2.33. The van der Waals surface area contributed by atoms with Crippen molar-refractivity contribution in [2.75, 3.05) is 11.9 Å².